The number of rotatable bonds is 4. The van der Waals surface area contributed by atoms with Gasteiger partial charge in [-0.25, -0.2) is 4.98 Å². The van der Waals surface area contributed by atoms with E-state index in [1.54, 1.807) is 16.2 Å². The summed E-state index contributed by atoms with van der Waals surface area (Å²) >= 11 is 1.54. The van der Waals surface area contributed by atoms with Crippen molar-refractivity contribution in [3.8, 4) is 0 Å². The van der Waals surface area contributed by atoms with Gasteiger partial charge in [0.05, 0.1) is 17.7 Å². The number of thiazole rings is 1. The summed E-state index contributed by atoms with van der Waals surface area (Å²) in [6.07, 6.45) is 1.89. The molecule has 0 spiro atoms. The number of carbonyl (C=O) groups excluding carboxylic acids is 1. The van der Waals surface area contributed by atoms with E-state index in [4.69, 9.17) is 4.74 Å². The van der Waals surface area contributed by atoms with E-state index in [0.717, 1.165) is 23.7 Å². The Labute approximate surface area is 118 Å². The summed E-state index contributed by atoms with van der Waals surface area (Å²) in [5, 5.41) is 2.85. The van der Waals surface area contributed by atoms with Crippen molar-refractivity contribution in [1.82, 2.24) is 4.98 Å². The number of aromatic nitrogens is 1. The van der Waals surface area contributed by atoms with Gasteiger partial charge in [-0.05, 0) is 25.7 Å². The SMILES string of the molecule is CC[C@H](C)c1csc(N(C)C(=O)[C@@H]2CCO[C@H]2C)n1. The second-order valence-electron chi connectivity index (χ2n) is 5.23. The summed E-state index contributed by atoms with van der Waals surface area (Å²) < 4.78 is 5.47. The van der Waals surface area contributed by atoms with E-state index in [0.29, 0.717) is 12.5 Å². The molecule has 1 aliphatic heterocycles. The van der Waals surface area contributed by atoms with Crippen molar-refractivity contribution in [2.45, 2.75) is 45.6 Å². The van der Waals surface area contributed by atoms with Gasteiger partial charge in [0.25, 0.3) is 0 Å². The smallest absolute Gasteiger partial charge is 0.234 e. The minimum Gasteiger partial charge on any atom is -0.378 e. The molecule has 106 valence electrons. The predicted octanol–water partition coefficient (Wildman–Crippen LogP) is 3.04. The van der Waals surface area contributed by atoms with Crippen LogP contribution in [0.4, 0.5) is 5.13 Å². The van der Waals surface area contributed by atoms with Crippen molar-refractivity contribution in [3.63, 3.8) is 0 Å². The molecular weight excluding hydrogens is 260 g/mol. The Hall–Kier alpha value is -0.940. The van der Waals surface area contributed by atoms with Crippen LogP contribution in [0.15, 0.2) is 5.38 Å². The lowest BCUT2D eigenvalue weighted by Gasteiger charge is -2.20. The molecule has 4 nitrogen and oxygen atoms in total. The fourth-order valence-electron chi connectivity index (χ4n) is 2.26. The van der Waals surface area contributed by atoms with Gasteiger partial charge in [0.1, 0.15) is 0 Å². The molecule has 0 unspecified atom stereocenters. The third-order valence-corrected chi connectivity index (χ3v) is 4.87. The summed E-state index contributed by atoms with van der Waals surface area (Å²) in [5.74, 6) is 0.540. The highest BCUT2D eigenvalue weighted by Gasteiger charge is 2.33. The van der Waals surface area contributed by atoms with Crippen LogP contribution in [-0.2, 0) is 9.53 Å². The van der Waals surface area contributed by atoms with Crippen LogP contribution in [0.1, 0.15) is 45.2 Å². The van der Waals surface area contributed by atoms with Gasteiger partial charge in [0.2, 0.25) is 5.91 Å². The third kappa shape index (κ3) is 2.98. The molecule has 0 saturated carbocycles. The number of nitrogens with zero attached hydrogens (tertiary/aromatic N) is 2. The largest absolute Gasteiger partial charge is 0.378 e. The number of anilines is 1. The fourth-order valence-corrected chi connectivity index (χ4v) is 3.18. The second kappa shape index (κ2) is 6.01. The number of carbonyl (C=O) groups is 1. The molecular formula is C14H22N2O2S. The Morgan fingerprint density at radius 1 is 1.68 bits per heavy atom. The summed E-state index contributed by atoms with van der Waals surface area (Å²) in [4.78, 5) is 18.7. The fraction of sp³-hybridized carbons (Fsp3) is 0.714. The molecule has 2 rings (SSSR count). The molecule has 0 radical (unpaired) electrons. The molecule has 19 heavy (non-hydrogen) atoms. The van der Waals surface area contributed by atoms with Gasteiger partial charge in [-0.1, -0.05) is 13.8 Å². The lowest BCUT2D eigenvalue weighted by atomic mass is 10.0. The van der Waals surface area contributed by atoms with Gasteiger partial charge in [0, 0.05) is 19.0 Å². The van der Waals surface area contributed by atoms with E-state index < -0.39 is 0 Å². The maximum absolute atomic E-state index is 12.4. The molecule has 1 aromatic heterocycles. The minimum atomic E-state index is -0.0269. The Bertz CT molecular complexity index is 446. The predicted molar refractivity (Wildman–Crippen MR) is 77.8 cm³/mol. The molecule has 1 amide bonds. The van der Waals surface area contributed by atoms with Crippen LogP contribution in [0.5, 0.6) is 0 Å². The first-order valence-corrected chi connectivity index (χ1v) is 7.77. The van der Waals surface area contributed by atoms with E-state index in [-0.39, 0.29) is 17.9 Å². The van der Waals surface area contributed by atoms with E-state index in [2.05, 4.69) is 24.2 Å². The summed E-state index contributed by atoms with van der Waals surface area (Å²) in [6, 6.07) is 0. The van der Waals surface area contributed by atoms with Crippen LogP contribution in [-0.4, -0.2) is 30.6 Å². The number of hydrogen-bond acceptors (Lipinski definition) is 4. The first-order chi connectivity index (χ1) is 9.04. The average molecular weight is 282 g/mol. The quantitative estimate of drug-likeness (QED) is 0.852. The summed E-state index contributed by atoms with van der Waals surface area (Å²) in [7, 11) is 1.81. The highest BCUT2D eigenvalue weighted by Crippen LogP contribution is 2.29. The van der Waals surface area contributed by atoms with Gasteiger partial charge in [-0.3, -0.25) is 9.69 Å². The van der Waals surface area contributed by atoms with E-state index in [1.807, 2.05) is 14.0 Å². The van der Waals surface area contributed by atoms with E-state index >= 15 is 0 Å². The molecule has 2 heterocycles. The van der Waals surface area contributed by atoms with Gasteiger partial charge >= 0.3 is 0 Å². The minimum absolute atomic E-state index is 0.0175. The van der Waals surface area contributed by atoms with Gasteiger partial charge in [0.15, 0.2) is 5.13 Å². The van der Waals surface area contributed by atoms with Crippen LogP contribution in [0.3, 0.4) is 0 Å². The summed E-state index contributed by atoms with van der Waals surface area (Å²) in [5.41, 5.74) is 1.08. The number of ether oxygens (including phenoxy) is 1. The van der Waals surface area contributed by atoms with Gasteiger partial charge in [-0.2, -0.15) is 0 Å². The van der Waals surface area contributed by atoms with Crippen LogP contribution in [0.25, 0.3) is 0 Å². The Balaban J connectivity index is 2.08. The summed E-state index contributed by atoms with van der Waals surface area (Å²) in [6.45, 7) is 6.96. The Kier molecular flexibility index (Phi) is 4.58. The standard InChI is InChI=1S/C14H22N2O2S/c1-5-9(2)12-8-19-14(15-12)16(4)13(17)11-6-7-18-10(11)3/h8-11H,5-7H2,1-4H3/t9-,10-,11+/m0/s1. The van der Waals surface area contributed by atoms with Crippen molar-refractivity contribution in [3.05, 3.63) is 11.1 Å². The Morgan fingerprint density at radius 2 is 2.42 bits per heavy atom. The Morgan fingerprint density at radius 3 is 3.00 bits per heavy atom. The second-order valence-corrected chi connectivity index (χ2v) is 6.07. The van der Waals surface area contributed by atoms with Crippen LogP contribution in [0, 0.1) is 5.92 Å². The zero-order valence-corrected chi connectivity index (χ0v) is 12.9. The molecule has 1 saturated heterocycles. The monoisotopic (exact) mass is 282 g/mol. The van der Waals surface area contributed by atoms with Gasteiger partial charge in [-0.15, -0.1) is 11.3 Å². The number of amides is 1. The van der Waals surface area contributed by atoms with Crippen molar-refractivity contribution >= 4 is 22.4 Å². The van der Waals surface area contributed by atoms with Crippen LogP contribution in [0.2, 0.25) is 0 Å². The van der Waals surface area contributed by atoms with E-state index in [1.165, 1.54) is 0 Å². The maximum Gasteiger partial charge on any atom is 0.234 e. The molecule has 0 aliphatic carbocycles. The van der Waals surface area contributed by atoms with Crippen molar-refractivity contribution in [2.75, 3.05) is 18.6 Å². The zero-order chi connectivity index (χ0) is 14.0. The lowest BCUT2D eigenvalue weighted by Crippen LogP contribution is -2.35. The van der Waals surface area contributed by atoms with Crippen molar-refractivity contribution in [1.29, 1.82) is 0 Å². The third-order valence-electron chi connectivity index (χ3n) is 3.94. The average Bonchev–Trinajstić information content (AvgIpc) is 3.04. The highest BCUT2D eigenvalue weighted by molar-refractivity contribution is 7.14. The highest BCUT2D eigenvalue weighted by atomic mass is 32.1. The molecule has 1 aliphatic rings. The van der Waals surface area contributed by atoms with Crippen molar-refractivity contribution in [2.24, 2.45) is 5.92 Å². The first-order valence-electron chi connectivity index (χ1n) is 6.89. The van der Waals surface area contributed by atoms with Crippen molar-refractivity contribution < 1.29 is 9.53 Å². The van der Waals surface area contributed by atoms with Crippen LogP contribution >= 0.6 is 11.3 Å². The molecule has 1 fully saturated rings. The molecule has 0 N–H and O–H groups in total. The lowest BCUT2D eigenvalue weighted by molar-refractivity contribution is -0.123. The molecule has 0 aromatic carbocycles. The maximum atomic E-state index is 12.4. The number of hydrogen-bond donors (Lipinski definition) is 0. The zero-order valence-electron chi connectivity index (χ0n) is 12.0. The first kappa shape index (κ1) is 14.5. The molecule has 5 heteroatoms. The van der Waals surface area contributed by atoms with E-state index in [9.17, 15) is 4.79 Å². The topological polar surface area (TPSA) is 42.4 Å². The van der Waals surface area contributed by atoms with Gasteiger partial charge < -0.3 is 4.74 Å². The normalized spacial score (nSPS) is 24.4. The molecule has 1 aromatic rings. The molecule has 0 bridgehead atoms. The molecule has 3 atom stereocenters. The van der Waals surface area contributed by atoms with Crippen LogP contribution < -0.4 is 4.90 Å².